The Labute approximate surface area is 69.1 Å². The van der Waals surface area contributed by atoms with Crippen molar-refractivity contribution in [2.24, 2.45) is 5.41 Å². The van der Waals surface area contributed by atoms with Gasteiger partial charge in [-0.05, 0) is 24.7 Å². The second-order valence-corrected chi connectivity index (χ2v) is 3.51. The van der Waals surface area contributed by atoms with E-state index in [1.807, 2.05) is 6.08 Å². The normalized spacial score (nSPS) is 23.1. The summed E-state index contributed by atoms with van der Waals surface area (Å²) in [6.07, 6.45) is 10.7. The van der Waals surface area contributed by atoms with Crippen LogP contribution in [0.15, 0.2) is 12.2 Å². The Balaban J connectivity index is 2.52. The fourth-order valence-electron chi connectivity index (χ4n) is 2.02. The van der Waals surface area contributed by atoms with Gasteiger partial charge in [0.2, 0.25) is 0 Å². The highest BCUT2D eigenvalue weighted by atomic mass is 16.2. The van der Waals surface area contributed by atoms with Gasteiger partial charge >= 0.3 is 0 Å². The van der Waals surface area contributed by atoms with Crippen molar-refractivity contribution in [3.05, 3.63) is 12.2 Å². The van der Waals surface area contributed by atoms with Crippen molar-refractivity contribution >= 4 is 0 Å². The van der Waals surface area contributed by atoms with Gasteiger partial charge in [-0.1, -0.05) is 31.9 Å². The molecule has 1 fully saturated rings. The number of rotatable bonds is 3. The standard InChI is InChI=1S/C10H18O/c1-2-10(8-5-9-11)6-3-4-7-10/h5,8,11H,2-4,6-7,9H2,1H3/b8-5-. The zero-order chi connectivity index (χ0) is 8.16. The Morgan fingerprint density at radius 1 is 1.36 bits per heavy atom. The second-order valence-electron chi connectivity index (χ2n) is 3.51. The summed E-state index contributed by atoms with van der Waals surface area (Å²) in [5, 5.41) is 8.65. The zero-order valence-electron chi connectivity index (χ0n) is 7.34. The molecule has 0 amide bonds. The maximum absolute atomic E-state index is 8.65. The molecule has 0 unspecified atom stereocenters. The molecule has 0 aromatic heterocycles. The largest absolute Gasteiger partial charge is 0.392 e. The van der Waals surface area contributed by atoms with Gasteiger partial charge in [0.15, 0.2) is 0 Å². The predicted octanol–water partition coefficient (Wildman–Crippen LogP) is 2.51. The van der Waals surface area contributed by atoms with Gasteiger partial charge in [-0.3, -0.25) is 0 Å². The molecule has 0 aliphatic heterocycles. The van der Waals surface area contributed by atoms with E-state index in [0.29, 0.717) is 5.41 Å². The van der Waals surface area contributed by atoms with Crippen LogP contribution in [-0.4, -0.2) is 11.7 Å². The SMILES string of the molecule is CCC1(/C=C\CO)CCCC1. The van der Waals surface area contributed by atoms with Gasteiger partial charge in [-0.2, -0.15) is 0 Å². The monoisotopic (exact) mass is 154 g/mol. The van der Waals surface area contributed by atoms with Crippen molar-refractivity contribution in [3.63, 3.8) is 0 Å². The first-order chi connectivity index (χ1) is 5.33. The van der Waals surface area contributed by atoms with Gasteiger partial charge in [0.25, 0.3) is 0 Å². The minimum Gasteiger partial charge on any atom is -0.392 e. The molecule has 1 saturated carbocycles. The highest BCUT2D eigenvalue weighted by molar-refractivity contribution is 5.01. The molecule has 64 valence electrons. The third kappa shape index (κ3) is 2.06. The first-order valence-electron chi connectivity index (χ1n) is 4.61. The Bertz CT molecular complexity index is 132. The summed E-state index contributed by atoms with van der Waals surface area (Å²) in [7, 11) is 0. The minimum atomic E-state index is 0.196. The molecule has 0 aromatic rings. The topological polar surface area (TPSA) is 20.2 Å². The molecule has 0 saturated heterocycles. The fraction of sp³-hybridized carbons (Fsp3) is 0.800. The van der Waals surface area contributed by atoms with Crippen molar-refractivity contribution in [1.29, 1.82) is 0 Å². The maximum Gasteiger partial charge on any atom is 0.0612 e. The highest BCUT2D eigenvalue weighted by Gasteiger charge is 2.28. The molecule has 0 atom stereocenters. The number of hydrogen-bond donors (Lipinski definition) is 1. The second kappa shape index (κ2) is 3.91. The van der Waals surface area contributed by atoms with Gasteiger partial charge in [0, 0.05) is 0 Å². The summed E-state index contributed by atoms with van der Waals surface area (Å²) in [6, 6.07) is 0. The van der Waals surface area contributed by atoms with E-state index in [1.165, 1.54) is 32.1 Å². The van der Waals surface area contributed by atoms with E-state index in [-0.39, 0.29) is 6.61 Å². The molecule has 1 aliphatic rings. The third-order valence-corrected chi connectivity index (χ3v) is 2.88. The molecule has 0 bridgehead atoms. The fourth-order valence-corrected chi connectivity index (χ4v) is 2.02. The number of aliphatic hydroxyl groups excluding tert-OH is 1. The van der Waals surface area contributed by atoms with E-state index >= 15 is 0 Å². The average molecular weight is 154 g/mol. The third-order valence-electron chi connectivity index (χ3n) is 2.88. The van der Waals surface area contributed by atoms with Crippen LogP contribution in [0.4, 0.5) is 0 Å². The highest BCUT2D eigenvalue weighted by Crippen LogP contribution is 2.41. The number of aliphatic hydroxyl groups is 1. The van der Waals surface area contributed by atoms with Gasteiger partial charge in [-0.25, -0.2) is 0 Å². The Morgan fingerprint density at radius 3 is 2.45 bits per heavy atom. The van der Waals surface area contributed by atoms with E-state index in [1.54, 1.807) is 0 Å². The molecule has 0 spiro atoms. The van der Waals surface area contributed by atoms with Crippen molar-refractivity contribution in [2.45, 2.75) is 39.0 Å². The van der Waals surface area contributed by atoms with Crippen LogP contribution in [0.3, 0.4) is 0 Å². The van der Waals surface area contributed by atoms with Crippen molar-refractivity contribution in [3.8, 4) is 0 Å². The molecular weight excluding hydrogens is 136 g/mol. The molecule has 11 heavy (non-hydrogen) atoms. The average Bonchev–Trinajstić information content (AvgIpc) is 2.50. The van der Waals surface area contributed by atoms with Crippen LogP contribution in [0.2, 0.25) is 0 Å². The lowest BCUT2D eigenvalue weighted by Gasteiger charge is -2.22. The molecule has 1 N–H and O–H groups in total. The van der Waals surface area contributed by atoms with Crippen LogP contribution in [-0.2, 0) is 0 Å². The number of hydrogen-bond acceptors (Lipinski definition) is 1. The maximum atomic E-state index is 8.65. The Hall–Kier alpha value is -0.300. The van der Waals surface area contributed by atoms with Crippen LogP contribution < -0.4 is 0 Å². The van der Waals surface area contributed by atoms with Gasteiger partial charge in [-0.15, -0.1) is 0 Å². The molecule has 0 radical (unpaired) electrons. The quantitative estimate of drug-likeness (QED) is 0.619. The smallest absolute Gasteiger partial charge is 0.0612 e. The first kappa shape index (κ1) is 8.79. The summed E-state index contributed by atoms with van der Waals surface area (Å²) in [6.45, 7) is 2.44. The van der Waals surface area contributed by atoms with E-state index in [4.69, 9.17) is 5.11 Å². The van der Waals surface area contributed by atoms with Gasteiger partial charge in [0.1, 0.15) is 0 Å². The van der Waals surface area contributed by atoms with Crippen LogP contribution in [0, 0.1) is 5.41 Å². The first-order valence-corrected chi connectivity index (χ1v) is 4.61. The molecular formula is C10H18O. The predicted molar refractivity (Wildman–Crippen MR) is 47.4 cm³/mol. The summed E-state index contributed by atoms with van der Waals surface area (Å²) in [5.74, 6) is 0. The Morgan fingerprint density at radius 2 is 2.00 bits per heavy atom. The van der Waals surface area contributed by atoms with Crippen molar-refractivity contribution in [2.75, 3.05) is 6.61 Å². The van der Waals surface area contributed by atoms with Gasteiger partial charge < -0.3 is 5.11 Å². The summed E-state index contributed by atoms with van der Waals surface area (Å²) in [5.41, 5.74) is 0.447. The van der Waals surface area contributed by atoms with E-state index in [2.05, 4.69) is 13.0 Å². The summed E-state index contributed by atoms with van der Waals surface area (Å²) in [4.78, 5) is 0. The van der Waals surface area contributed by atoms with E-state index < -0.39 is 0 Å². The summed E-state index contributed by atoms with van der Waals surface area (Å²) < 4.78 is 0. The van der Waals surface area contributed by atoms with Crippen LogP contribution in [0.5, 0.6) is 0 Å². The molecule has 1 nitrogen and oxygen atoms in total. The van der Waals surface area contributed by atoms with E-state index in [0.717, 1.165) is 0 Å². The molecule has 1 rings (SSSR count). The van der Waals surface area contributed by atoms with Crippen LogP contribution >= 0.6 is 0 Å². The Kier molecular flexibility index (Phi) is 3.13. The lowest BCUT2D eigenvalue weighted by molar-refractivity contribution is 0.333. The van der Waals surface area contributed by atoms with Gasteiger partial charge in [0.05, 0.1) is 6.61 Å². The molecule has 0 heterocycles. The molecule has 1 heteroatoms. The van der Waals surface area contributed by atoms with Crippen LogP contribution in [0.1, 0.15) is 39.0 Å². The summed E-state index contributed by atoms with van der Waals surface area (Å²) >= 11 is 0. The minimum absolute atomic E-state index is 0.196. The van der Waals surface area contributed by atoms with Crippen LogP contribution in [0.25, 0.3) is 0 Å². The lowest BCUT2D eigenvalue weighted by atomic mass is 9.83. The zero-order valence-corrected chi connectivity index (χ0v) is 7.34. The van der Waals surface area contributed by atoms with E-state index in [9.17, 15) is 0 Å². The van der Waals surface area contributed by atoms with Crippen molar-refractivity contribution < 1.29 is 5.11 Å². The molecule has 0 aromatic carbocycles. The van der Waals surface area contributed by atoms with Crippen molar-refractivity contribution in [1.82, 2.24) is 0 Å². The number of allylic oxidation sites excluding steroid dienone is 1. The molecule has 1 aliphatic carbocycles. The lowest BCUT2D eigenvalue weighted by Crippen LogP contribution is -2.10.